The number of hydrogen-bond donors (Lipinski definition) is 1. The summed E-state index contributed by atoms with van der Waals surface area (Å²) in [5.41, 5.74) is 0. The van der Waals surface area contributed by atoms with Gasteiger partial charge >= 0.3 is 0 Å². The lowest BCUT2D eigenvalue weighted by Crippen LogP contribution is -2.47. The van der Waals surface area contributed by atoms with E-state index in [9.17, 15) is 0 Å². The van der Waals surface area contributed by atoms with Gasteiger partial charge in [0, 0.05) is 37.7 Å². The molecule has 5 heteroatoms. The lowest BCUT2D eigenvalue weighted by molar-refractivity contribution is 0.0264. The van der Waals surface area contributed by atoms with Gasteiger partial charge in [-0.3, -0.25) is 4.99 Å². The zero-order valence-electron chi connectivity index (χ0n) is 15.0. The molecule has 4 nitrogen and oxygen atoms in total. The van der Waals surface area contributed by atoms with E-state index in [0.717, 1.165) is 63.8 Å². The number of benzene rings is 1. The SMILES string of the molecule is CCNC(=NCCCSc1ccccc1)N1CCC(OCC)CC1. The maximum Gasteiger partial charge on any atom is 0.193 e. The molecular weight excluding hydrogens is 318 g/mol. The number of piperidine rings is 1. The zero-order chi connectivity index (χ0) is 17.0. The summed E-state index contributed by atoms with van der Waals surface area (Å²) in [6.45, 7) is 8.90. The molecule has 0 unspecified atom stereocenters. The highest BCUT2D eigenvalue weighted by atomic mass is 32.2. The van der Waals surface area contributed by atoms with E-state index in [2.05, 4.69) is 54.4 Å². The van der Waals surface area contributed by atoms with Crippen LogP contribution in [0.5, 0.6) is 0 Å². The highest BCUT2D eigenvalue weighted by molar-refractivity contribution is 7.99. The maximum atomic E-state index is 5.74. The number of thioether (sulfide) groups is 1. The van der Waals surface area contributed by atoms with E-state index in [1.807, 2.05) is 11.8 Å². The van der Waals surface area contributed by atoms with Crippen molar-refractivity contribution in [3.63, 3.8) is 0 Å². The van der Waals surface area contributed by atoms with E-state index in [0.29, 0.717) is 6.10 Å². The van der Waals surface area contributed by atoms with E-state index in [4.69, 9.17) is 9.73 Å². The van der Waals surface area contributed by atoms with Crippen LogP contribution in [0.2, 0.25) is 0 Å². The predicted molar refractivity (Wildman–Crippen MR) is 104 cm³/mol. The molecule has 1 aliphatic heterocycles. The average Bonchev–Trinajstić information content (AvgIpc) is 2.62. The molecule has 1 aromatic rings. The van der Waals surface area contributed by atoms with E-state index in [1.165, 1.54) is 4.90 Å². The largest absolute Gasteiger partial charge is 0.378 e. The fourth-order valence-electron chi connectivity index (χ4n) is 2.85. The second kappa shape index (κ2) is 11.4. The summed E-state index contributed by atoms with van der Waals surface area (Å²) in [5, 5.41) is 3.44. The van der Waals surface area contributed by atoms with Crippen molar-refractivity contribution in [3.8, 4) is 0 Å². The van der Waals surface area contributed by atoms with Crippen molar-refractivity contribution in [3.05, 3.63) is 30.3 Å². The van der Waals surface area contributed by atoms with Gasteiger partial charge < -0.3 is 15.0 Å². The maximum absolute atomic E-state index is 5.74. The molecule has 1 N–H and O–H groups in total. The molecule has 0 aromatic heterocycles. The molecule has 134 valence electrons. The highest BCUT2D eigenvalue weighted by Crippen LogP contribution is 2.18. The van der Waals surface area contributed by atoms with Gasteiger partial charge in [-0.25, -0.2) is 0 Å². The van der Waals surface area contributed by atoms with Gasteiger partial charge in [0.1, 0.15) is 0 Å². The Morgan fingerprint density at radius 1 is 1.25 bits per heavy atom. The van der Waals surface area contributed by atoms with Gasteiger partial charge in [-0.15, -0.1) is 11.8 Å². The third kappa shape index (κ3) is 6.73. The van der Waals surface area contributed by atoms with Crippen LogP contribution in [-0.2, 0) is 4.74 Å². The summed E-state index contributed by atoms with van der Waals surface area (Å²) in [4.78, 5) is 8.53. The van der Waals surface area contributed by atoms with Crippen LogP contribution in [0.4, 0.5) is 0 Å². The van der Waals surface area contributed by atoms with E-state index in [-0.39, 0.29) is 0 Å². The van der Waals surface area contributed by atoms with Crippen molar-refractivity contribution in [2.75, 3.05) is 38.5 Å². The number of nitrogens with one attached hydrogen (secondary N) is 1. The summed E-state index contributed by atoms with van der Waals surface area (Å²) >= 11 is 1.91. The Morgan fingerprint density at radius 2 is 2.00 bits per heavy atom. The summed E-state index contributed by atoms with van der Waals surface area (Å²) in [7, 11) is 0. The lowest BCUT2D eigenvalue weighted by Gasteiger charge is -2.34. The van der Waals surface area contributed by atoms with Crippen LogP contribution >= 0.6 is 11.8 Å². The number of guanidine groups is 1. The van der Waals surface area contributed by atoms with Gasteiger partial charge in [0.15, 0.2) is 5.96 Å². The Kier molecular flexibility index (Phi) is 9.06. The minimum atomic E-state index is 0.427. The second-order valence-corrected chi connectivity index (χ2v) is 7.06. The number of aliphatic imine (C=N–C) groups is 1. The molecule has 0 aliphatic carbocycles. The Labute approximate surface area is 151 Å². The van der Waals surface area contributed by atoms with Crippen LogP contribution < -0.4 is 5.32 Å². The Balaban J connectivity index is 1.72. The minimum absolute atomic E-state index is 0.427. The molecule has 1 fully saturated rings. The first kappa shape index (κ1) is 19.1. The molecule has 2 rings (SSSR count). The van der Waals surface area contributed by atoms with Gasteiger partial charge in [0.05, 0.1) is 6.10 Å². The summed E-state index contributed by atoms with van der Waals surface area (Å²) in [5.74, 6) is 2.18. The number of hydrogen-bond acceptors (Lipinski definition) is 3. The molecule has 1 aromatic carbocycles. The van der Waals surface area contributed by atoms with Crippen molar-refractivity contribution >= 4 is 17.7 Å². The lowest BCUT2D eigenvalue weighted by atomic mass is 10.1. The molecule has 0 spiro atoms. The van der Waals surface area contributed by atoms with E-state index >= 15 is 0 Å². The van der Waals surface area contributed by atoms with Gasteiger partial charge in [0.25, 0.3) is 0 Å². The van der Waals surface area contributed by atoms with Crippen molar-refractivity contribution in [1.82, 2.24) is 10.2 Å². The molecule has 0 saturated carbocycles. The van der Waals surface area contributed by atoms with Crippen molar-refractivity contribution < 1.29 is 4.74 Å². The van der Waals surface area contributed by atoms with Crippen LogP contribution in [0.15, 0.2) is 40.2 Å². The number of rotatable bonds is 8. The zero-order valence-corrected chi connectivity index (χ0v) is 15.9. The molecule has 24 heavy (non-hydrogen) atoms. The highest BCUT2D eigenvalue weighted by Gasteiger charge is 2.21. The monoisotopic (exact) mass is 349 g/mol. The van der Waals surface area contributed by atoms with Crippen molar-refractivity contribution in [2.24, 2.45) is 4.99 Å². The molecule has 0 amide bonds. The molecular formula is C19H31N3OS. The molecule has 1 heterocycles. The molecule has 0 radical (unpaired) electrons. The topological polar surface area (TPSA) is 36.9 Å². The van der Waals surface area contributed by atoms with E-state index in [1.54, 1.807) is 0 Å². The first-order chi connectivity index (χ1) is 11.8. The molecule has 0 atom stereocenters. The standard InChI is InChI=1S/C19H31N3OS/c1-3-20-19(22-14-11-17(12-15-22)23-4-2)21-13-8-16-24-18-9-6-5-7-10-18/h5-7,9-10,17H,3-4,8,11-16H2,1-2H3,(H,20,21). The number of likely N-dealkylation sites (tertiary alicyclic amines) is 1. The Bertz CT molecular complexity index is 473. The first-order valence-corrected chi connectivity index (χ1v) is 10.1. The summed E-state index contributed by atoms with van der Waals surface area (Å²) < 4.78 is 5.74. The molecule has 1 saturated heterocycles. The smallest absolute Gasteiger partial charge is 0.193 e. The predicted octanol–water partition coefficient (Wildman–Crippen LogP) is 3.64. The second-order valence-electron chi connectivity index (χ2n) is 5.89. The van der Waals surface area contributed by atoms with Crippen LogP contribution in [-0.4, -0.2) is 55.5 Å². The van der Waals surface area contributed by atoms with Gasteiger partial charge in [0.2, 0.25) is 0 Å². The first-order valence-electron chi connectivity index (χ1n) is 9.16. The normalized spacial score (nSPS) is 16.4. The fourth-order valence-corrected chi connectivity index (χ4v) is 3.71. The average molecular weight is 350 g/mol. The summed E-state index contributed by atoms with van der Waals surface area (Å²) in [6, 6.07) is 10.6. The molecule has 0 bridgehead atoms. The van der Waals surface area contributed by atoms with Crippen molar-refractivity contribution in [2.45, 2.75) is 44.1 Å². The minimum Gasteiger partial charge on any atom is -0.378 e. The molecule has 1 aliphatic rings. The quantitative estimate of drug-likeness (QED) is 0.336. The Morgan fingerprint density at radius 3 is 2.67 bits per heavy atom. The van der Waals surface area contributed by atoms with Crippen LogP contribution in [0.1, 0.15) is 33.1 Å². The third-order valence-electron chi connectivity index (χ3n) is 4.05. The third-order valence-corrected chi connectivity index (χ3v) is 5.15. The summed E-state index contributed by atoms with van der Waals surface area (Å²) in [6.07, 6.45) is 3.73. The van der Waals surface area contributed by atoms with Crippen LogP contribution in [0, 0.1) is 0 Å². The van der Waals surface area contributed by atoms with Crippen LogP contribution in [0.3, 0.4) is 0 Å². The van der Waals surface area contributed by atoms with Gasteiger partial charge in [-0.1, -0.05) is 18.2 Å². The van der Waals surface area contributed by atoms with E-state index < -0.39 is 0 Å². The number of nitrogens with zero attached hydrogens (tertiary/aromatic N) is 2. The van der Waals surface area contributed by atoms with Gasteiger partial charge in [-0.05, 0) is 51.0 Å². The van der Waals surface area contributed by atoms with Crippen LogP contribution in [0.25, 0.3) is 0 Å². The van der Waals surface area contributed by atoms with Gasteiger partial charge in [-0.2, -0.15) is 0 Å². The fraction of sp³-hybridized carbons (Fsp3) is 0.632. The Hall–Kier alpha value is -1.20. The number of ether oxygens (including phenoxy) is 1. The van der Waals surface area contributed by atoms with Crippen molar-refractivity contribution in [1.29, 1.82) is 0 Å².